The van der Waals surface area contributed by atoms with Crippen LogP contribution in [-0.4, -0.2) is 64.7 Å². The Bertz CT molecular complexity index is 1000. The van der Waals surface area contributed by atoms with E-state index in [1.54, 1.807) is 6.92 Å². The van der Waals surface area contributed by atoms with Crippen LogP contribution in [0.25, 0.3) is 10.9 Å². The van der Waals surface area contributed by atoms with Crippen LogP contribution >= 0.6 is 0 Å². The maximum atomic E-state index is 11.8. The summed E-state index contributed by atoms with van der Waals surface area (Å²) in [5.41, 5.74) is 2.51. The fraction of sp³-hybridized carbons (Fsp3) is 0.429. The van der Waals surface area contributed by atoms with Gasteiger partial charge in [-0.25, -0.2) is 14.8 Å². The molecule has 1 atom stereocenters. The lowest BCUT2D eigenvalue weighted by molar-refractivity contribution is 0.0401. The van der Waals surface area contributed by atoms with Crippen molar-refractivity contribution in [2.75, 3.05) is 37.7 Å². The van der Waals surface area contributed by atoms with E-state index in [-0.39, 0.29) is 6.10 Å². The van der Waals surface area contributed by atoms with Crippen LogP contribution in [0, 0.1) is 0 Å². The van der Waals surface area contributed by atoms with Crippen molar-refractivity contribution in [2.45, 2.75) is 19.6 Å². The van der Waals surface area contributed by atoms with E-state index in [1.807, 2.05) is 23.9 Å². The molecule has 1 N–H and O–H groups in total. The number of morpholine rings is 1. The third kappa shape index (κ3) is 4.42. The van der Waals surface area contributed by atoms with Gasteiger partial charge in [-0.15, -0.1) is 0 Å². The van der Waals surface area contributed by atoms with Crippen LogP contribution < -0.4 is 10.2 Å². The minimum atomic E-state index is -0.407. The summed E-state index contributed by atoms with van der Waals surface area (Å²) in [4.78, 5) is 22.5. The van der Waals surface area contributed by atoms with Crippen molar-refractivity contribution < 1.29 is 14.3 Å². The first-order chi connectivity index (χ1) is 14.7. The third-order valence-corrected chi connectivity index (χ3v) is 5.07. The lowest BCUT2D eigenvalue weighted by Crippen LogP contribution is -2.47. The van der Waals surface area contributed by atoms with Crippen LogP contribution in [-0.2, 0) is 23.1 Å². The molecule has 0 spiro atoms. The number of anilines is 1. The number of benzene rings is 1. The number of ether oxygens (including phenoxy) is 2. The highest BCUT2D eigenvalue weighted by Crippen LogP contribution is 2.17. The van der Waals surface area contributed by atoms with Gasteiger partial charge in [-0.2, -0.15) is 5.10 Å². The van der Waals surface area contributed by atoms with Gasteiger partial charge in [0.1, 0.15) is 0 Å². The number of hydrogen-bond donors (Lipinski definition) is 1. The molecule has 4 rings (SSSR count). The maximum Gasteiger partial charge on any atom is 0.341 e. The summed E-state index contributed by atoms with van der Waals surface area (Å²) < 4.78 is 12.8. The fourth-order valence-electron chi connectivity index (χ4n) is 3.60. The van der Waals surface area contributed by atoms with Gasteiger partial charge in [-0.3, -0.25) is 4.68 Å². The predicted molar refractivity (Wildman–Crippen MR) is 112 cm³/mol. The molecular weight excluding hydrogens is 384 g/mol. The number of rotatable bonds is 7. The Balaban J connectivity index is 1.32. The molecule has 0 amide bonds. The topological polar surface area (TPSA) is 94.4 Å². The number of fused-ring (bicyclic) bond motifs is 1. The van der Waals surface area contributed by atoms with Crippen molar-refractivity contribution in [1.82, 2.24) is 25.1 Å². The number of carbonyl (C=O) groups excluding carboxylic acids is 1. The van der Waals surface area contributed by atoms with Gasteiger partial charge in [0.2, 0.25) is 5.95 Å². The molecular formula is C21H26N6O3. The van der Waals surface area contributed by atoms with Gasteiger partial charge in [0.15, 0.2) is 0 Å². The van der Waals surface area contributed by atoms with Crippen LogP contribution in [0.1, 0.15) is 23.0 Å². The van der Waals surface area contributed by atoms with Gasteiger partial charge in [0, 0.05) is 51.0 Å². The number of carbonyl (C=O) groups is 1. The summed E-state index contributed by atoms with van der Waals surface area (Å²) >= 11 is 0. The first-order valence-electron chi connectivity index (χ1n) is 10.1. The molecule has 1 aliphatic rings. The molecule has 3 aromatic rings. The number of esters is 1. The first kappa shape index (κ1) is 20.2. The Morgan fingerprint density at radius 2 is 2.10 bits per heavy atom. The average Bonchev–Trinajstić information content (AvgIpc) is 3.10. The lowest BCUT2D eigenvalue weighted by atomic mass is 10.2. The van der Waals surface area contributed by atoms with Crippen LogP contribution in [0.4, 0.5) is 5.95 Å². The van der Waals surface area contributed by atoms with Crippen molar-refractivity contribution in [3.63, 3.8) is 0 Å². The Morgan fingerprint density at radius 3 is 2.90 bits per heavy atom. The van der Waals surface area contributed by atoms with Gasteiger partial charge in [0.05, 0.1) is 36.1 Å². The van der Waals surface area contributed by atoms with Crippen molar-refractivity contribution >= 4 is 22.8 Å². The molecule has 3 heterocycles. The quantitative estimate of drug-likeness (QED) is 0.586. The van der Waals surface area contributed by atoms with Crippen molar-refractivity contribution in [3.05, 3.63) is 47.9 Å². The van der Waals surface area contributed by atoms with E-state index in [4.69, 9.17) is 9.47 Å². The molecule has 0 bridgehead atoms. The lowest BCUT2D eigenvalue weighted by Gasteiger charge is -2.33. The molecule has 30 heavy (non-hydrogen) atoms. The van der Waals surface area contributed by atoms with Crippen LogP contribution in [0.15, 0.2) is 36.7 Å². The summed E-state index contributed by atoms with van der Waals surface area (Å²) in [6.45, 7) is 5.45. The average molecular weight is 410 g/mol. The minimum Gasteiger partial charge on any atom is -0.462 e. The van der Waals surface area contributed by atoms with Gasteiger partial charge in [0.25, 0.3) is 0 Å². The summed E-state index contributed by atoms with van der Waals surface area (Å²) in [7, 11) is 1.96. The number of aromatic nitrogens is 4. The summed E-state index contributed by atoms with van der Waals surface area (Å²) in [6, 6.07) is 8.21. The second kappa shape index (κ2) is 9.19. The second-order valence-electron chi connectivity index (χ2n) is 7.15. The molecule has 1 fully saturated rings. The highest BCUT2D eigenvalue weighted by molar-refractivity contribution is 5.88. The van der Waals surface area contributed by atoms with Crippen LogP contribution in [0.5, 0.6) is 0 Å². The van der Waals surface area contributed by atoms with Crippen molar-refractivity contribution in [3.8, 4) is 0 Å². The van der Waals surface area contributed by atoms with Gasteiger partial charge >= 0.3 is 5.97 Å². The molecule has 0 radical (unpaired) electrons. The Labute approximate surface area is 175 Å². The Hall–Kier alpha value is -3.04. The zero-order valence-electron chi connectivity index (χ0n) is 17.2. The van der Waals surface area contributed by atoms with E-state index < -0.39 is 5.97 Å². The van der Waals surface area contributed by atoms with E-state index in [0.717, 1.165) is 16.6 Å². The number of nitrogens with zero attached hydrogens (tertiary/aromatic N) is 5. The monoisotopic (exact) mass is 410 g/mol. The zero-order chi connectivity index (χ0) is 20.9. The van der Waals surface area contributed by atoms with Gasteiger partial charge < -0.3 is 19.7 Å². The first-order valence-corrected chi connectivity index (χ1v) is 10.1. The van der Waals surface area contributed by atoms with E-state index in [1.165, 1.54) is 12.4 Å². The highest BCUT2D eigenvalue weighted by atomic mass is 16.5. The van der Waals surface area contributed by atoms with Crippen molar-refractivity contribution in [2.24, 2.45) is 7.05 Å². The zero-order valence-corrected chi connectivity index (χ0v) is 17.2. The van der Waals surface area contributed by atoms with Crippen LogP contribution in [0.3, 0.4) is 0 Å². The Kier molecular flexibility index (Phi) is 6.20. The Morgan fingerprint density at radius 1 is 1.30 bits per heavy atom. The van der Waals surface area contributed by atoms with Gasteiger partial charge in [-0.05, 0) is 13.0 Å². The third-order valence-electron chi connectivity index (χ3n) is 5.07. The van der Waals surface area contributed by atoms with Crippen LogP contribution in [0.2, 0.25) is 0 Å². The molecule has 0 aliphatic carbocycles. The van der Waals surface area contributed by atoms with E-state index in [9.17, 15) is 4.79 Å². The molecule has 9 nitrogen and oxygen atoms in total. The van der Waals surface area contributed by atoms with Gasteiger partial charge in [-0.1, -0.05) is 18.2 Å². The van der Waals surface area contributed by atoms with Crippen molar-refractivity contribution in [1.29, 1.82) is 0 Å². The molecule has 1 unspecified atom stereocenters. The van der Waals surface area contributed by atoms with E-state index >= 15 is 0 Å². The number of aryl methyl sites for hydroxylation is 1. The number of para-hydroxylation sites is 1. The minimum absolute atomic E-state index is 0.0158. The fourth-order valence-corrected chi connectivity index (χ4v) is 3.60. The summed E-state index contributed by atoms with van der Waals surface area (Å²) in [5, 5.41) is 9.23. The van der Waals surface area contributed by atoms with E-state index in [2.05, 4.69) is 37.4 Å². The SMILES string of the molecule is CCOC(=O)c1cnc(N2CCOC(CNCc3nn(C)c4ccccc34)C2)nc1. The normalized spacial score (nSPS) is 16.7. The molecule has 9 heteroatoms. The molecule has 2 aromatic heterocycles. The smallest absolute Gasteiger partial charge is 0.341 e. The molecule has 1 aromatic carbocycles. The maximum absolute atomic E-state index is 11.8. The molecule has 158 valence electrons. The van der Waals surface area contributed by atoms with E-state index in [0.29, 0.717) is 50.9 Å². The summed E-state index contributed by atoms with van der Waals surface area (Å²) in [6.07, 6.45) is 3.03. The predicted octanol–water partition coefficient (Wildman–Crippen LogP) is 1.53. The standard InChI is InChI=1S/C21H26N6O3/c1-3-29-20(28)15-10-23-21(24-11-15)27-8-9-30-16(14-27)12-22-13-18-17-6-4-5-7-19(17)26(2)25-18/h4-7,10-11,16,22H,3,8-9,12-14H2,1-2H3. The largest absolute Gasteiger partial charge is 0.462 e. The molecule has 1 aliphatic heterocycles. The number of hydrogen-bond acceptors (Lipinski definition) is 8. The highest BCUT2D eigenvalue weighted by Gasteiger charge is 2.22. The number of nitrogens with one attached hydrogen (secondary N) is 1. The molecule has 0 saturated carbocycles. The molecule has 1 saturated heterocycles. The summed E-state index contributed by atoms with van der Waals surface area (Å²) in [5.74, 6) is 0.183. The second-order valence-corrected chi connectivity index (χ2v) is 7.15.